The zero-order valence-corrected chi connectivity index (χ0v) is 33.1. The van der Waals surface area contributed by atoms with Gasteiger partial charge in [0.2, 0.25) is 5.75 Å². The summed E-state index contributed by atoms with van der Waals surface area (Å²) < 4.78 is 18.0. The molecule has 0 N–H and O–H groups in total. The van der Waals surface area contributed by atoms with Crippen LogP contribution in [0.1, 0.15) is 62.9 Å². The Bertz CT molecular complexity index is 1700. The van der Waals surface area contributed by atoms with Gasteiger partial charge in [-0.3, -0.25) is 0 Å². The maximum absolute atomic E-state index is 5.71. The van der Waals surface area contributed by atoms with Gasteiger partial charge in [0.1, 0.15) is 6.54 Å². The molecular formula is C43H58N3O3S+. The summed E-state index contributed by atoms with van der Waals surface area (Å²) >= 11 is 1.79. The number of benzene rings is 4. The second kappa shape index (κ2) is 17.8. The van der Waals surface area contributed by atoms with Crippen molar-refractivity contribution < 1.29 is 18.7 Å². The van der Waals surface area contributed by atoms with E-state index in [1.54, 1.807) is 33.1 Å². The zero-order valence-electron chi connectivity index (χ0n) is 32.3. The van der Waals surface area contributed by atoms with Crippen LogP contribution in [0.4, 0.5) is 5.69 Å². The van der Waals surface area contributed by atoms with Crippen LogP contribution in [0.25, 0.3) is 0 Å². The quantitative estimate of drug-likeness (QED) is 0.0536. The van der Waals surface area contributed by atoms with E-state index in [0.29, 0.717) is 17.2 Å². The summed E-state index contributed by atoms with van der Waals surface area (Å²) in [6.45, 7) is 16.8. The Labute approximate surface area is 306 Å². The third kappa shape index (κ3) is 11.6. The van der Waals surface area contributed by atoms with Crippen molar-refractivity contribution in [2.24, 2.45) is 4.99 Å². The van der Waals surface area contributed by atoms with Crippen molar-refractivity contribution in [3.8, 4) is 17.2 Å². The van der Waals surface area contributed by atoms with Gasteiger partial charge in [-0.15, -0.1) is 0 Å². The summed E-state index contributed by atoms with van der Waals surface area (Å²) in [7, 11) is 9.62. The minimum Gasteiger partial charge on any atom is -0.493 e. The SMILES string of the molecule is COc1cc(/N=C(\SCc2cc(C)cc(C)c2)N(CCCC[N+](C)(C)Cc2cc(C)cc(C)c2)Cc2cc(C)cc(C)c2)cc(OC)c1OC. The molecule has 0 aromatic heterocycles. The first kappa shape index (κ1) is 38.9. The number of methoxy groups -OCH3 is 3. The van der Waals surface area contributed by atoms with Crippen LogP contribution in [0.2, 0.25) is 0 Å². The lowest BCUT2D eigenvalue weighted by Crippen LogP contribution is -2.40. The molecule has 0 heterocycles. The number of aliphatic imine (C=N–C) groups is 1. The molecule has 0 aliphatic carbocycles. The third-order valence-electron chi connectivity index (χ3n) is 8.78. The van der Waals surface area contributed by atoms with Crippen molar-refractivity contribution in [1.29, 1.82) is 0 Å². The van der Waals surface area contributed by atoms with E-state index in [4.69, 9.17) is 19.2 Å². The van der Waals surface area contributed by atoms with Crippen LogP contribution in [0, 0.1) is 41.5 Å². The number of nitrogens with zero attached hydrogens (tertiary/aromatic N) is 3. The number of aryl methyl sites for hydroxylation is 6. The maximum Gasteiger partial charge on any atom is 0.203 e. The minimum absolute atomic E-state index is 0.562. The van der Waals surface area contributed by atoms with Crippen molar-refractivity contribution in [2.75, 3.05) is 48.5 Å². The molecule has 0 saturated heterocycles. The molecule has 6 nitrogen and oxygen atoms in total. The summed E-state index contributed by atoms with van der Waals surface area (Å²) in [5.74, 6) is 2.56. The van der Waals surface area contributed by atoms with E-state index < -0.39 is 0 Å². The molecule has 0 radical (unpaired) electrons. The molecule has 0 atom stereocenters. The van der Waals surface area contributed by atoms with Crippen molar-refractivity contribution in [3.63, 3.8) is 0 Å². The van der Waals surface area contributed by atoms with Gasteiger partial charge in [-0.1, -0.05) is 99.7 Å². The molecule has 0 spiro atoms. The van der Waals surface area contributed by atoms with Crippen molar-refractivity contribution in [2.45, 2.75) is 73.2 Å². The largest absolute Gasteiger partial charge is 0.493 e. The summed E-state index contributed by atoms with van der Waals surface area (Å²) in [6, 6.07) is 24.4. The van der Waals surface area contributed by atoms with Gasteiger partial charge < -0.3 is 23.6 Å². The van der Waals surface area contributed by atoms with Crippen LogP contribution in [0.5, 0.6) is 17.2 Å². The van der Waals surface area contributed by atoms with Crippen molar-refractivity contribution in [1.82, 2.24) is 4.90 Å². The fourth-order valence-electron chi connectivity index (χ4n) is 6.94. The molecule has 7 heteroatoms. The summed E-state index contributed by atoms with van der Waals surface area (Å²) in [5.41, 5.74) is 12.5. The molecule has 0 saturated carbocycles. The number of thioether (sulfide) groups is 1. The summed E-state index contributed by atoms with van der Waals surface area (Å²) in [6.07, 6.45) is 2.16. The highest BCUT2D eigenvalue weighted by molar-refractivity contribution is 8.13. The lowest BCUT2D eigenvalue weighted by molar-refractivity contribution is -0.903. The van der Waals surface area contributed by atoms with Gasteiger partial charge >= 0.3 is 0 Å². The standard InChI is InChI=1S/C43H58N3O3S/c1-30-16-31(2)20-36(19-30)27-45(14-12-13-15-46(7,8)28-37-21-32(3)17-33(4)22-37)43(50-29-38-23-34(5)18-35(6)24-38)44-39-25-40(47-9)42(49-11)41(26-39)48-10/h16-26H,12-15,27-29H2,1-11H3/q+1/b44-43-. The Morgan fingerprint density at radius 2 is 1.10 bits per heavy atom. The predicted octanol–water partition coefficient (Wildman–Crippen LogP) is 10.0. The number of amidine groups is 1. The topological polar surface area (TPSA) is 43.3 Å². The summed E-state index contributed by atoms with van der Waals surface area (Å²) in [4.78, 5) is 7.81. The van der Waals surface area contributed by atoms with E-state index in [-0.39, 0.29) is 0 Å². The molecule has 0 bridgehead atoms. The highest BCUT2D eigenvalue weighted by Crippen LogP contribution is 2.41. The monoisotopic (exact) mass is 696 g/mol. The van der Waals surface area contributed by atoms with Crippen LogP contribution < -0.4 is 14.2 Å². The molecular weight excluding hydrogens is 639 g/mol. The van der Waals surface area contributed by atoms with Crippen LogP contribution >= 0.6 is 11.8 Å². The average molecular weight is 697 g/mol. The van der Waals surface area contributed by atoms with Gasteiger partial charge in [-0.25, -0.2) is 4.99 Å². The van der Waals surface area contributed by atoms with Gasteiger partial charge in [0.25, 0.3) is 0 Å². The molecule has 268 valence electrons. The second-order valence-corrected chi connectivity index (χ2v) is 15.4. The van der Waals surface area contributed by atoms with Crippen LogP contribution in [-0.4, -0.2) is 63.1 Å². The highest BCUT2D eigenvalue weighted by Gasteiger charge is 2.20. The lowest BCUT2D eigenvalue weighted by atomic mass is 10.1. The predicted molar refractivity (Wildman–Crippen MR) is 213 cm³/mol. The molecule has 0 aliphatic rings. The van der Waals surface area contributed by atoms with Gasteiger partial charge in [-0.05, 0) is 65.5 Å². The lowest BCUT2D eigenvalue weighted by Gasteiger charge is -2.31. The number of rotatable bonds is 15. The highest BCUT2D eigenvalue weighted by atomic mass is 32.2. The molecule has 0 aliphatic heterocycles. The first-order valence-electron chi connectivity index (χ1n) is 17.6. The molecule has 4 rings (SSSR count). The molecule has 0 unspecified atom stereocenters. The first-order valence-corrected chi connectivity index (χ1v) is 18.6. The number of unbranched alkanes of at least 4 members (excludes halogenated alkanes) is 1. The maximum atomic E-state index is 5.71. The van der Waals surface area contributed by atoms with Crippen LogP contribution in [-0.2, 0) is 18.8 Å². The van der Waals surface area contributed by atoms with Crippen LogP contribution in [0.3, 0.4) is 0 Å². The second-order valence-electron chi connectivity index (χ2n) is 14.5. The Balaban J connectivity index is 1.67. The smallest absolute Gasteiger partial charge is 0.203 e. The number of hydrogen-bond acceptors (Lipinski definition) is 5. The zero-order chi connectivity index (χ0) is 36.4. The average Bonchev–Trinajstić information content (AvgIpc) is 3.02. The summed E-state index contributed by atoms with van der Waals surface area (Å²) in [5, 5.41) is 0.974. The fourth-order valence-corrected chi connectivity index (χ4v) is 7.91. The van der Waals surface area contributed by atoms with E-state index >= 15 is 0 Å². The van der Waals surface area contributed by atoms with E-state index in [1.807, 2.05) is 12.1 Å². The molecule has 4 aromatic carbocycles. The van der Waals surface area contributed by atoms with Crippen molar-refractivity contribution in [3.05, 3.63) is 117 Å². The molecule has 50 heavy (non-hydrogen) atoms. The fraction of sp³-hybridized carbons (Fsp3) is 0.419. The van der Waals surface area contributed by atoms with E-state index in [2.05, 4.69) is 115 Å². The van der Waals surface area contributed by atoms with Gasteiger partial charge in [0, 0.05) is 36.5 Å². The van der Waals surface area contributed by atoms with Crippen molar-refractivity contribution >= 4 is 22.6 Å². The van der Waals surface area contributed by atoms with E-state index in [9.17, 15) is 0 Å². The Kier molecular flexibility index (Phi) is 13.8. The van der Waals surface area contributed by atoms with Gasteiger partial charge in [0.05, 0.1) is 47.7 Å². The Morgan fingerprint density at radius 3 is 1.58 bits per heavy atom. The first-order chi connectivity index (χ1) is 23.8. The normalized spacial score (nSPS) is 11.9. The number of quaternary nitrogens is 1. The minimum atomic E-state index is 0.562. The molecule has 0 amide bonds. The van der Waals surface area contributed by atoms with Gasteiger partial charge in [0.15, 0.2) is 16.7 Å². The Hall–Kier alpha value is -3.94. The molecule has 4 aromatic rings. The Morgan fingerprint density at radius 1 is 0.620 bits per heavy atom. The van der Waals surface area contributed by atoms with Crippen LogP contribution in [0.15, 0.2) is 71.7 Å². The molecule has 0 fully saturated rings. The number of hydrogen-bond donors (Lipinski definition) is 0. The third-order valence-corrected chi connectivity index (χ3v) is 9.87. The van der Waals surface area contributed by atoms with Gasteiger partial charge in [-0.2, -0.15) is 0 Å². The number of ether oxygens (including phenoxy) is 3. The van der Waals surface area contributed by atoms with E-state index in [0.717, 1.165) is 60.1 Å². The van der Waals surface area contributed by atoms with E-state index in [1.165, 1.54) is 50.1 Å².